The summed E-state index contributed by atoms with van der Waals surface area (Å²) in [4.78, 5) is 11.8. The van der Waals surface area contributed by atoms with Gasteiger partial charge in [-0.2, -0.15) is 0 Å². The molecule has 0 aliphatic rings. The normalized spacial score (nSPS) is 9.89. The number of hydrogen-bond donors (Lipinski definition) is 1. The Hall–Kier alpha value is -2.43. The van der Waals surface area contributed by atoms with Crippen LogP contribution in [0.2, 0.25) is 0 Å². The van der Waals surface area contributed by atoms with E-state index in [0.717, 1.165) is 0 Å². The number of ether oxygens (including phenoxy) is 2. The van der Waals surface area contributed by atoms with Gasteiger partial charge >= 0.3 is 0 Å². The third-order valence-electron chi connectivity index (χ3n) is 2.39. The Morgan fingerprint density at radius 3 is 2.33 bits per heavy atom. The molecule has 0 fully saturated rings. The number of nitrogens with one attached hydrogen (secondary N) is 1. The zero-order chi connectivity index (χ0) is 13.0. The molecule has 0 unspecified atom stereocenters. The Morgan fingerprint density at radius 1 is 1.17 bits per heavy atom. The number of amides is 1. The molecule has 0 bridgehead atoms. The maximum Gasteiger partial charge on any atom is 0.258 e. The zero-order valence-electron chi connectivity index (χ0n) is 10.1. The summed E-state index contributed by atoms with van der Waals surface area (Å²) in [6.07, 6.45) is 2.83. The average Bonchev–Trinajstić information content (AvgIpc) is 2.92. The van der Waals surface area contributed by atoms with E-state index in [-0.39, 0.29) is 5.91 Å². The van der Waals surface area contributed by atoms with Gasteiger partial charge in [0, 0.05) is 23.9 Å². The minimum Gasteiger partial charge on any atom is -0.497 e. The molecule has 1 aromatic heterocycles. The first-order valence-electron chi connectivity index (χ1n) is 5.29. The molecule has 1 heterocycles. The van der Waals surface area contributed by atoms with Gasteiger partial charge in [-0.05, 0) is 6.07 Å². The Bertz CT molecular complexity index is 512. The summed E-state index contributed by atoms with van der Waals surface area (Å²) < 4.78 is 15.1. The molecule has 0 atom stereocenters. The van der Waals surface area contributed by atoms with Crippen LogP contribution in [-0.2, 0) is 0 Å². The molecule has 1 amide bonds. The maximum absolute atomic E-state index is 11.8. The van der Waals surface area contributed by atoms with Gasteiger partial charge in [-0.15, -0.1) is 0 Å². The average molecular weight is 247 g/mol. The molecular formula is C13H13NO4. The molecular weight excluding hydrogens is 234 g/mol. The minimum absolute atomic E-state index is 0.251. The molecule has 0 saturated carbocycles. The van der Waals surface area contributed by atoms with Crippen LogP contribution in [0, 0.1) is 0 Å². The Morgan fingerprint density at radius 2 is 1.83 bits per heavy atom. The van der Waals surface area contributed by atoms with Crippen molar-refractivity contribution >= 4 is 11.6 Å². The molecule has 1 N–H and O–H groups in total. The lowest BCUT2D eigenvalue weighted by Gasteiger charge is -2.09. The van der Waals surface area contributed by atoms with E-state index in [1.165, 1.54) is 12.5 Å². The summed E-state index contributed by atoms with van der Waals surface area (Å²) in [7, 11) is 3.10. The maximum atomic E-state index is 11.8. The van der Waals surface area contributed by atoms with Crippen LogP contribution in [0.4, 0.5) is 5.69 Å². The van der Waals surface area contributed by atoms with Gasteiger partial charge < -0.3 is 19.2 Å². The van der Waals surface area contributed by atoms with Crippen molar-refractivity contribution in [3.63, 3.8) is 0 Å². The number of anilines is 1. The van der Waals surface area contributed by atoms with E-state index in [2.05, 4.69) is 5.32 Å². The summed E-state index contributed by atoms with van der Waals surface area (Å²) in [5.74, 6) is 0.966. The molecule has 0 saturated heterocycles. The van der Waals surface area contributed by atoms with Crippen molar-refractivity contribution in [2.24, 2.45) is 0 Å². The van der Waals surface area contributed by atoms with Crippen molar-refractivity contribution in [3.05, 3.63) is 42.4 Å². The molecule has 0 spiro atoms. The summed E-state index contributed by atoms with van der Waals surface area (Å²) in [6.45, 7) is 0. The fraction of sp³-hybridized carbons (Fsp3) is 0.154. The number of carbonyl (C=O) groups is 1. The van der Waals surface area contributed by atoms with Gasteiger partial charge in [0.25, 0.3) is 5.91 Å². The summed E-state index contributed by atoms with van der Waals surface area (Å²) in [6, 6.07) is 6.74. The highest BCUT2D eigenvalue weighted by atomic mass is 16.5. The number of rotatable bonds is 4. The van der Waals surface area contributed by atoms with Crippen LogP contribution in [0.1, 0.15) is 10.4 Å². The van der Waals surface area contributed by atoms with Crippen molar-refractivity contribution < 1.29 is 18.7 Å². The quantitative estimate of drug-likeness (QED) is 0.901. The number of furan rings is 1. The standard InChI is InChI=1S/C13H13NO4/c1-16-11-5-10(6-12(7-11)17-2)14-13(15)9-3-4-18-8-9/h3-8H,1-2H3,(H,14,15). The molecule has 0 radical (unpaired) electrons. The van der Waals surface area contributed by atoms with Crippen molar-refractivity contribution in [2.75, 3.05) is 19.5 Å². The molecule has 0 aliphatic carbocycles. The van der Waals surface area contributed by atoms with Crippen LogP contribution in [0.3, 0.4) is 0 Å². The summed E-state index contributed by atoms with van der Waals surface area (Å²) in [5, 5.41) is 2.73. The molecule has 0 aliphatic heterocycles. The highest BCUT2D eigenvalue weighted by Crippen LogP contribution is 2.26. The minimum atomic E-state index is -0.251. The first-order chi connectivity index (χ1) is 8.72. The Labute approximate surface area is 104 Å². The molecule has 18 heavy (non-hydrogen) atoms. The largest absolute Gasteiger partial charge is 0.497 e. The van der Waals surface area contributed by atoms with Crippen LogP contribution in [0.25, 0.3) is 0 Å². The van der Waals surface area contributed by atoms with E-state index in [1.54, 1.807) is 38.5 Å². The highest BCUT2D eigenvalue weighted by Gasteiger charge is 2.09. The fourth-order valence-corrected chi connectivity index (χ4v) is 1.48. The van der Waals surface area contributed by atoms with E-state index < -0.39 is 0 Å². The van der Waals surface area contributed by atoms with E-state index >= 15 is 0 Å². The van der Waals surface area contributed by atoms with E-state index in [0.29, 0.717) is 22.7 Å². The second-order valence-corrected chi connectivity index (χ2v) is 3.57. The first-order valence-corrected chi connectivity index (χ1v) is 5.29. The molecule has 94 valence electrons. The second-order valence-electron chi connectivity index (χ2n) is 3.57. The van der Waals surface area contributed by atoms with Crippen LogP contribution in [0.15, 0.2) is 41.2 Å². The monoisotopic (exact) mass is 247 g/mol. The SMILES string of the molecule is COc1cc(NC(=O)c2ccoc2)cc(OC)c1. The van der Waals surface area contributed by atoms with Gasteiger partial charge in [-0.3, -0.25) is 4.79 Å². The van der Waals surface area contributed by atoms with Gasteiger partial charge in [0.05, 0.1) is 26.0 Å². The lowest BCUT2D eigenvalue weighted by molar-refractivity contribution is 0.102. The number of carbonyl (C=O) groups excluding carboxylic acids is 1. The predicted octanol–water partition coefficient (Wildman–Crippen LogP) is 2.55. The predicted molar refractivity (Wildman–Crippen MR) is 66.2 cm³/mol. The van der Waals surface area contributed by atoms with E-state index in [9.17, 15) is 4.79 Å². The molecule has 5 nitrogen and oxygen atoms in total. The lowest BCUT2D eigenvalue weighted by Crippen LogP contribution is -2.10. The van der Waals surface area contributed by atoms with Crippen LogP contribution in [0.5, 0.6) is 11.5 Å². The van der Waals surface area contributed by atoms with Crippen LogP contribution >= 0.6 is 0 Å². The number of benzene rings is 1. The molecule has 5 heteroatoms. The number of hydrogen-bond acceptors (Lipinski definition) is 4. The van der Waals surface area contributed by atoms with Gasteiger partial charge in [0.1, 0.15) is 17.8 Å². The van der Waals surface area contributed by atoms with Crippen molar-refractivity contribution in [1.29, 1.82) is 0 Å². The van der Waals surface area contributed by atoms with Crippen molar-refractivity contribution in [2.45, 2.75) is 0 Å². The van der Waals surface area contributed by atoms with Crippen LogP contribution < -0.4 is 14.8 Å². The smallest absolute Gasteiger partial charge is 0.258 e. The lowest BCUT2D eigenvalue weighted by atomic mass is 10.2. The molecule has 1 aromatic carbocycles. The molecule has 2 aromatic rings. The summed E-state index contributed by atoms with van der Waals surface area (Å²) >= 11 is 0. The topological polar surface area (TPSA) is 60.7 Å². The second kappa shape index (κ2) is 5.27. The van der Waals surface area contributed by atoms with E-state index in [4.69, 9.17) is 13.9 Å². The van der Waals surface area contributed by atoms with E-state index in [1.807, 2.05) is 0 Å². The first kappa shape index (κ1) is 12.0. The third-order valence-corrected chi connectivity index (χ3v) is 2.39. The molecule has 2 rings (SSSR count). The van der Waals surface area contributed by atoms with Gasteiger partial charge in [-0.25, -0.2) is 0 Å². The highest BCUT2D eigenvalue weighted by molar-refractivity contribution is 6.04. The third kappa shape index (κ3) is 2.63. The zero-order valence-corrected chi connectivity index (χ0v) is 10.1. The van der Waals surface area contributed by atoms with Gasteiger partial charge in [0.15, 0.2) is 0 Å². The van der Waals surface area contributed by atoms with Crippen LogP contribution in [-0.4, -0.2) is 20.1 Å². The summed E-state index contributed by atoms with van der Waals surface area (Å²) in [5.41, 5.74) is 1.05. The van der Waals surface area contributed by atoms with Crippen molar-refractivity contribution in [3.8, 4) is 11.5 Å². The Balaban J connectivity index is 2.20. The van der Waals surface area contributed by atoms with Crippen molar-refractivity contribution in [1.82, 2.24) is 0 Å². The number of methoxy groups -OCH3 is 2. The fourth-order valence-electron chi connectivity index (χ4n) is 1.48. The Kier molecular flexibility index (Phi) is 3.52. The van der Waals surface area contributed by atoms with Gasteiger partial charge in [-0.1, -0.05) is 0 Å². The van der Waals surface area contributed by atoms with Gasteiger partial charge in [0.2, 0.25) is 0 Å².